The van der Waals surface area contributed by atoms with E-state index in [1.165, 1.54) is 28.2 Å². The summed E-state index contributed by atoms with van der Waals surface area (Å²) in [7, 11) is 1.71. The summed E-state index contributed by atoms with van der Waals surface area (Å²) in [6, 6.07) is 9.55. The summed E-state index contributed by atoms with van der Waals surface area (Å²) in [6.07, 6.45) is 4.16. The molecule has 1 amide bonds. The van der Waals surface area contributed by atoms with Gasteiger partial charge in [0.2, 0.25) is 5.13 Å². The smallest absolute Gasteiger partial charge is 0.269 e. The van der Waals surface area contributed by atoms with Crippen LogP contribution >= 0.6 is 11.3 Å². The van der Waals surface area contributed by atoms with Crippen molar-refractivity contribution in [2.75, 3.05) is 6.54 Å². The van der Waals surface area contributed by atoms with E-state index in [1.807, 2.05) is 17.6 Å². The zero-order valence-electron chi connectivity index (χ0n) is 15.0. The van der Waals surface area contributed by atoms with E-state index in [0.29, 0.717) is 24.4 Å². The topological polar surface area (TPSA) is 77.6 Å². The molecule has 142 valence electrons. The number of benzene rings is 1. The molecule has 0 fully saturated rings. The summed E-state index contributed by atoms with van der Waals surface area (Å²) >= 11 is 1.50. The van der Waals surface area contributed by atoms with Gasteiger partial charge in [-0.1, -0.05) is 0 Å². The van der Waals surface area contributed by atoms with Crippen LogP contribution in [-0.4, -0.2) is 37.0 Å². The Morgan fingerprint density at radius 2 is 2.11 bits per heavy atom. The molecule has 1 aromatic carbocycles. The molecule has 3 aromatic heterocycles. The highest BCUT2D eigenvalue weighted by Crippen LogP contribution is 2.19. The molecule has 0 aliphatic heterocycles. The monoisotopic (exact) mass is 396 g/mol. The molecule has 4 aromatic rings. The molecule has 1 N–H and O–H groups in total. The molecule has 0 radical (unpaired) electrons. The highest BCUT2D eigenvalue weighted by atomic mass is 32.1. The number of halogens is 1. The van der Waals surface area contributed by atoms with Gasteiger partial charge in [0.15, 0.2) is 0 Å². The summed E-state index contributed by atoms with van der Waals surface area (Å²) in [5.41, 5.74) is 2.71. The van der Waals surface area contributed by atoms with Crippen LogP contribution in [0, 0.1) is 5.82 Å². The summed E-state index contributed by atoms with van der Waals surface area (Å²) in [6.45, 7) is 0.457. The molecule has 3 heterocycles. The zero-order chi connectivity index (χ0) is 19.5. The maximum atomic E-state index is 13.1. The predicted molar refractivity (Wildman–Crippen MR) is 104 cm³/mol. The van der Waals surface area contributed by atoms with E-state index in [4.69, 9.17) is 0 Å². The van der Waals surface area contributed by atoms with Gasteiger partial charge in [-0.05, 0) is 36.4 Å². The maximum absolute atomic E-state index is 13.1. The largest absolute Gasteiger partial charge is 0.350 e. The van der Waals surface area contributed by atoms with Crippen molar-refractivity contribution >= 4 is 17.2 Å². The quantitative estimate of drug-likeness (QED) is 0.544. The highest BCUT2D eigenvalue weighted by molar-refractivity contribution is 7.12. The lowest BCUT2D eigenvalue weighted by atomic mass is 10.1. The van der Waals surface area contributed by atoms with E-state index in [1.54, 1.807) is 36.1 Å². The number of carbonyl (C=O) groups excluding carboxylic acids is 1. The Morgan fingerprint density at radius 1 is 1.29 bits per heavy atom. The van der Waals surface area contributed by atoms with Crippen LogP contribution in [0.3, 0.4) is 0 Å². The number of hydrogen-bond donors (Lipinski definition) is 1. The number of nitrogens with zero attached hydrogens (tertiary/aromatic N) is 5. The summed E-state index contributed by atoms with van der Waals surface area (Å²) in [5, 5.41) is 14.1. The zero-order valence-corrected chi connectivity index (χ0v) is 15.9. The first-order chi connectivity index (χ1) is 13.6. The molecule has 28 heavy (non-hydrogen) atoms. The van der Waals surface area contributed by atoms with E-state index in [0.717, 1.165) is 16.4 Å². The minimum atomic E-state index is -0.310. The number of aryl methyl sites for hydroxylation is 1. The van der Waals surface area contributed by atoms with E-state index in [9.17, 15) is 9.18 Å². The number of rotatable bonds is 6. The van der Waals surface area contributed by atoms with Crippen molar-refractivity contribution in [3.8, 4) is 16.4 Å². The minimum absolute atomic E-state index is 0.217. The Kier molecular flexibility index (Phi) is 4.98. The standard InChI is InChI=1S/C19H17FN6OS/c1-25-17(11-16(24-25)13-3-5-14(20)6-4-13)18(27)21-9-7-15-12-28-19(23-15)26-10-2-8-22-26/h2-6,8,10-12H,7,9H2,1H3,(H,21,27). The normalized spacial score (nSPS) is 10.9. The second-order valence-electron chi connectivity index (χ2n) is 6.12. The lowest BCUT2D eigenvalue weighted by Crippen LogP contribution is -2.27. The van der Waals surface area contributed by atoms with E-state index in [-0.39, 0.29) is 11.7 Å². The Hall–Kier alpha value is -3.33. The molecular formula is C19H17FN6OS. The molecule has 0 bridgehead atoms. The molecule has 0 aliphatic rings. The van der Waals surface area contributed by atoms with Crippen LogP contribution in [0.5, 0.6) is 0 Å². The van der Waals surface area contributed by atoms with E-state index < -0.39 is 0 Å². The molecular weight excluding hydrogens is 379 g/mol. The Labute approximate surface area is 164 Å². The van der Waals surface area contributed by atoms with Crippen LogP contribution in [-0.2, 0) is 13.5 Å². The minimum Gasteiger partial charge on any atom is -0.350 e. The lowest BCUT2D eigenvalue weighted by Gasteiger charge is -2.03. The molecule has 0 spiro atoms. The third-order valence-corrected chi connectivity index (χ3v) is 5.04. The molecule has 0 unspecified atom stereocenters. The van der Waals surface area contributed by atoms with E-state index in [2.05, 4.69) is 20.5 Å². The van der Waals surface area contributed by atoms with Crippen molar-refractivity contribution in [1.82, 2.24) is 29.9 Å². The molecule has 7 nitrogen and oxygen atoms in total. The fraction of sp³-hybridized carbons (Fsp3) is 0.158. The summed E-state index contributed by atoms with van der Waals surface area (Å²) in [4.78, 5) is 17.0. The maximum Gasteiger partial charge on any atom is 0.269 e. The van der Waals surface area contributed by atoms with Crippen LogP contribution in [0.2, 0.25) is 0 Å². The predicted octanol–water partition coefficient (Wildman–Crippen LogP) is 2.84. The number of hydrogen-bond acceptors (Lipinski definition) is 5. The van der Waals surface area contributed by atoms with Crippen LogP contribution in [0.4, 0.5) is 4.39 Å². The van der Waals surface area contributed by atoms with Gasteiger partial charge in [0, 0.05) is 43.4 Å². The second-order valence-corrected chi connectivity index (χ2v) is 6.96. The molecule has 0 atom stereocenters. The first kappa shape index (κ1) is 18.1. The van der Waals surface area contributed by atoms with Gasteiger partial charge in [-0.25, -0.2) is 14.1 Å². The molecule has 0 saturated heterocycles. The lowest BCUT2D eigenvalue weighted by molar-refractivity contribution is 0.0944. The van der Waals surface area contributed by atoms with Crippen LogP contribution in [0.1, 0.15) is 16.2 Å². The summed E-state index contributed by atoms with van der Waals surface area (Å²) in [5.74, 6) is -0.527. The number of amides is 1. The number of carbonyl (C=O) groups is 1. The Balaban J connectivity index is 1.37. The molecule has 0 aliphatic carbocycles. The number of nitrogens with one attached hydrogen (secondary N) is 1. The van der Waals surface area contributed by atoms with Crippen molar-refractivity contribution in [2.24, 2.45) is 7.05 Å². The average molecular weight is 396 g/mol. The van der Waals surface area contributed by atoms with Crippen LogP contribution < -0.4 is 5.32 Å². The SMILES string of the molecule is Cn1nc(-c2ccc(F)cc2)cc1C(=O)NCCc1csc(-n2cccn2)n1. The third-order valence-electron chi connectivity index (χ3n) is 4.16. The fourth-order valence-corrected chi connectivity index (χ4v) is 3.53. The van der Waals surface area contributed by atoms with Gasteiger partial charge < -0.3 is 5.32 Å². The average Bonchev–Trinajstić information content (AvgIpc) is 3.42. The third kappa shape index (κ3) is 3.84. The van der Waals surface area contributed by atoms with Crippen molar-refractivity contribution in [3.05, 3.63) is 71.4 Å². The van der Waals surface area contributed by atoms with E-state index >= 15 is 0 Å². The Morgan fingerprint density at radius 3 is 2.86 bits per heavy atom. The molecule has 0 saturated carbocycles. The van der Waals surface area contributed by atoms with Gasteiger partial charge in [-0.3, -0.25) is 9.48 Å². The first-order valence-corrected chi connectivity index (χ1v) is 9.51. The molecule has 9 heteroatoms. The first-order valence-electron chi connectivity index (χ1n) is 8.63. The van der Waals surface area contributed by atoms with Gasteiger partial charge in [-0.2, -0.15) is 10.2 Å². The second kappa shape index (κ2) is 7.73. The Bertz CT molecular complexity index is 1080. The van der Waals surface area contributed by atoms with Gasteiger partial charge in [0.25, 0.3) is 5.91 Å². The van der Waals surface area contributed by atoms with Crippen molar-refractivity contribution in [2.45, 2.75) is 6.42 Å². The summed E-state index contributed by atoms with van der Waals surface area (Å²) < 4.78 is 16.3. The van der Waals surface area contributed by atoms with Gasteiger partial charge >= 0.3 is 0 Å². The molecule has 4 rings (SSSR count). The highest BCUT2D eigenvalue weighted by Gasteiger charge is 2.14. The van der Waals surface area contributed by atoms with Crippen LogP contribution in [0.15, 0.2) is 54.2 Å². The van der Waals surface area contributed by atoms with Gasteiger partial charge in [0.1, 0.15) is 11.5 Å². The van der Waals surface area contributed by atoms with Gasteiger partial charge in [-0.15, -0.1) is 11.3 Å². The number of thiazole rings is 1. The number of aromatic nitrogens is 5. The fourth-order valence-electron chi connectivity index (χ4n) is 2.73. The van der Waals surface area contributed by atoms with Crippen LogP contribution in [0.25, 0.3) is 16.4 Å². The van der Waals surface area contributed by atoms with Crippen molar-refractivity contribution in [3.63, 3.8) is 0 Å². The van der Waals surface area contributed by atoms with Crippen molar-refractivity contribution < 1.29 is 9.18 Å². The van der Waals surface area contributed by atoms with Crippen molar-refractivity contribution in [1.29, 1.82) is 0 Å². The van der Waals surface area contributed by atoms with Gasteiger partial charge in [0.05, 0.1) is 11.4 Å².